The fourth-order valence-electron chi connectivity index (χ4n) is 0.316. The first kappa shape index (κ1) is 66.4. The van der Waals surface area contributed by atoms with Gasteiger partial charge < -0.3 is 44.5 Å². The van der Waals surface area contributed by atoms with E-state index in [4.69, 9.17) is 13.0 Å². The van der Waals surface area contributed by atoms with Gasteiger partial charge in [-0.15, -0.1) is 24.4 Å². The van der Waals surface area contributed by atoms with Gasteiger partial charge in [0.15, 0.2) is 0 Å². The number of hydrogen-bond donors (Lipinski definition) is 2. The Bertz CT molecular complexity index is 186. The van der Waals surface area contributed by atoms with Crippen LogP contribution < -0.4 is 20.4 Å². The summed E-state index contributed by atoms with van der Waals surface area (Å²) in [6.07, 6.45) is 6.97. The Morgan fingerprint density at radius 1 is 0.541 bits per heavy atom. The molecule has 0 fully saturated rings. The molecule has 0 atom stereocenters. The fraction of sp³-hybridized carbons (Fsp3) is 0.929. The molecule has 0 aliphatic heterocycles. The van der Waals surface area contributed by atoms with Gasteiger partial charge in [-0.3, -0.25) is 0 Å². The van der Waals surface area contributed by atoms with Crippen molar-refractivity contribution in [2.75, 3.05) is 13.2 Å². The standard InChI is InChI=1S/2C4H10O.2C4H9.4C3H7O.O.Ti.Zr/c2*1-2-3-4-5;2*1-3-4-2;4*1-3(2)4;;;/h2*5H,2-4H2,1H3;2*1,3-4H2,2H3;4*3H,1-2H3;;;/q;;6*-1;;+4;+2. The first-order valence-corrected chi connectivity index (χ1v) is 14.2. The number of rotatable bonds is 6. The van der Waals surface area contributed by atoms with Crippen molar-refractivity contribution in [3.8, 4) is 0 Å². The first-order chi connectivity index (χ1) is 16.6. The quantitative estimate of drug-likeness (QED) is 0.328. The van der Waals surface area contributed by atoms with Crippen molar-refractivity contribution >= 4 is 0 Å². The molecule has 0 rings (SSSR count). The Hall–Kier alpha value is 1.16. The SMILES string of the molecule is CC(C)[O-].CC(C)[O-].CC(C)[O-].CC(C)[O-].CCCCO.CCCCO.[CH2-]CCC.[CH2-]CCC.[O]=[Zr+2].[Ti+4]. The topological polar surface area (TPSA) is 150 Å². The van der Waals surface area contributed by atoms with Gasteiger partial charge in [-0.05, 0) is 12.8 Å². The Morgan fingerprint density at radius 3 is 0.649 bits per heavy atom. The molecular formula is C28H66O7TiZr. The van der Waals surface area contributed by atoms with Gasteiger partial charge in [-0.25, -0.2) is 0 Å². The zero-order valence-corrected chi connectivity index (χ0v) is 30.7. The number of aliphatic hydroxyl groups excluding tert-OH is 2. The van der Waals surface area contributed by atoms with E-state index in [-0.39, 0.29) is 21.7 Å². The van der Waals surface area contributed by atoms with E-state index in [2.05, 4.69) is 41.5 Å². The molecule has 37 heavy (non-hydrogen) atoms. The van der Waals surface area contributed by atoms with Crippen LogP contribution in [0.15, 0.2) is 0 Å². The monoisotopic (exact) mass is 652 g/mol. The molecule has 7 nitrogen and oxygen atoms in total. The van der Waals surface area contributed by atoms with E-state index in [9.17, 15) is 20.4 Å². The van der Waals surface area contributed by atoms with E-state index in [0.29, 0.717) is 37.9 Å². The third kappa shape index (κ3) is 897. The molecule has 0 saturated heterocycles. The number of hydrogen-bond acceptors (Lipinski definition) is 7. The second-order valence-corrected chi connectivity index (χ2v) is 8.06. The fourth-order valence-corrected chi connectivity index (χ4v) is 0.316. The Balaban J connectivity index is -0.0000000278. The van der Waals surface area contributed by atoms with Crippen molar-refractivity contribution in [3.05, 3.63) is 13.8 Å². The molecule has 0 radical (unpaired) electrons. The Labute approximate surface area is 264 Å². The number of aliphatic hydroxyl groups is 2. The van der Waals surface area contributed by atoms with Gasteiger partial charge in [0, 0.05) is 13.2 Å². The minimum atomic E-state index is -0.417. The molecule has 0 bridgehead atoms. The third-order valence-electron chi connectivity index (χ3n) is 1.73. The second kappa shape index (κ2) is 90.6. The summed E-state index contributed by atoms with van der Waals surface area (Å²) in [5.41, 5.74) is 0. The molecule has 0 spiro atoms. The van der Waals surface area contributed by atoms with Crippen molar-refractivity contribution in [2.45, 2.75) is 159 Å². The van der Waals surface area contributed by atoms with Crippen molar-refractivity contribution in [1.82, 2.24) is 0 Å². The summed E-state index contributed by atoms with van der Waals surface area (Å²) in [6, 6.07) is 0. The molecule has 0 aromatic carbocycles. The summed E-state index contributed by atoms with van der Waals surface area (Å²) >= 11 is 0.300. The molecule has 0 amide bonds. The molecule has 0 aromatic heterocycles. The van der Waals surface area contributed by atoms with Gasteiger partial charge in [0.25, 0.3) is 0 Å². The van der Waals surface area contributed by atoms with Crippen LogP contribution in [0.25, 0.3) is 0 Å². The summed E-state index contributed by atoms with van der Waals surface area (Å²) in [5, 5.41) is 54.2. The first-order valence-electron chi connectivity index (χ1n) is 13.2. The van der Waals surface area contributed by atoms with Crippen molar-refractivity contribution in [1.29, 1.82) is 0 Å². The van der Waals surface area contributed by atoms with Gasteiger partial charge in [0.2, 0.25) is 0 Å². The maximum absolute atomic E-state index is 9.53. The maximum Gasteiger partial charge on any atom is 4.00 e. The van der Waals surface area contributed by atoms with Crippen LogP contribution in [0.5, 0.6) is 0 Å². The van der Waals surface area contributed by atoms with Crippen molar-refractivity contribution in [2.24, 2.45) is 0 Å². The van der Waals surface area contributed by atoms with Gasteiger partial charge >= 0.3 is 49.3 Å². The zero-order chi connectivity index (χ0) is 31.4. The number of unbranched alkanes of at least 4 members (excludes halogenated alkanes) is 4. The second-order valence-electron chi connectivity index (χ2n) is 8.06. The Kier molecular flexibility index (Phi) is 163. The molecule has 0 saturated carbocycles. The van der Waals surface area contributed by atoms with Crippen LogP contribution in [0.4, 0.5) is 0 Å². The van der Waals surface area contributed by atoms with Crippen LogP contribution in [-0.4, -0.2) is 47.8 Å². The molecule has 0 unspecified atom stereocenters. The summed E-state index contributed by atoms with van der Waals surface area (Å²) in [4.78, 5) is 0. The van der Waals surface area contributed by atoms with E-state index in [0.717, 1.165) is 38.5 Å². The van der Waals surface area contributed by atoms with E-state index in [1.165, 1.54) is 12.8 Å². The summed E-state index contributed by atoms with van der Waals surface area (Å²) in [7, 11) is 0. The van der Waals surface area contributed by atoms with Crippen LogP contribution in [0.1, 0.15) is 134 Å². The van der Waals surface area contributed by atoms with Crippen LogP contribution in [0, 0.1) is 13.8 Å². The molecule has 2 N–H and O–H groups in total. The van der Waals surface area contributed by atoms with Gasteiger partial charge in [0.1, 0.15) is 0 Å². The van der Waals surface area contributed by atoms with Crippen LogP contribution >= 0.6 is 0 Å². The largest absolute Gasteiger partial charge is 4.00 e. The minimum Gasteiger partial charge on any atom is 4.00 e. The van der Waals surface area contributed by atoms with Crippen molar-refractivity contribution in [3.63, 3.8) is 0 Å². The van der Waals surface area contributed by atoms with Gasteiger partial charge in [-0.2, -0.15) is 12.8 Å². The van der Waals surface area contributed by atoms with Gasteiger partial charge in [0.05, 0.1) is 0 Å². The van der Waals surface area contributed by atoms with Crippen LogP contribution in [0.3, 0.4) is 0 Å². The molecule has 0 aliphatic carbocycles. The molecule has 9 heteroatoms. The summed E-state index contributed by atoms with van der Waals surface area (Å²) in [5.74, 6) is 0. The smallest absolute Gasteiger partial charge is 4.00 e. The molecule has 0 heterocycles. The summed E-state index contributed by atoms with van der Waals surface area (Å²) < 4.78 is 8.34. The third-order valence-corrected chi connectivity index (χ3v) is 1.73. The molecule has 0 aromatic rings. The molecule has 228 valence electrons. The summed E-state index contributed by atoms with van der Waals surface area (Å²) in [6.45, 7) is 29.1. The van der Waals surface area contributed by atoms with Crippen molar-refractivity contribution < 1.29 is 79.9 Å². The van der Waals surface area contributed by atoms with Crippen LogP contribution in [-0.2, 0) is 49.3 Å². The predicted molar refractivity (Wildman–Crippen MR) is 146 cm³/mol. The zero-order valence-electron chi connectivity index (χ0n) is 26.7. The Morgan fingerprint density at radius 2 is 0.649 bits per heavy atom. The average Bonchev–Trinajstić information content (AvgIpc) is 2.75. The van der Waals surface area contributed by atoms with Gasteiger partial charge in [-0.1, -0.05) is 109 Å². The normalized spacial score (nSPS) is 7.95. The predicted octanol–water partition coefficient (Wildman–Crippen LogP) is 3.70. The minimum absolute atomic E-state index is 0. The van der Waals surface area contributed by atoms with Crippen LogP contribution in [0.2, 0.25) is 0 Å². The van der Waals surface area contributed by atoms with E-state index < -0.39 is 24.4 Å². The maximum atomic E-state index is 9.53. The van der Waals surface area contributed by atoms with E-state index >= 15 is 0 Å². The average molecular weight is 654 g/mol. The van der Waals surface area contributed by atoms with E-state index in [1.807, 2.05) is 0 Å². The molecular weight excluding hydrogens is 587 g/mol. The van der Waals surface area contributed by atoms with E-state index in [1.54, 1.807) is 55.4 Å². The molecule has 0 aliphatic rings.